The minimum Gasteiger partial charge on any atom is -0.508 e. The van der Waals surface area contributed by atoms with Gasteiger partial charge in [0.05, 0.1) is 30.9 Å². The van der Waals surface area contributed by atoms with Gasteiger partial charge in [0.25, 0.3) is 0 Å². The molecule has 5 nitrogen and oxygen atoms in total. The molecule has 1 heterocycles. The predicted molar refractivity (Wildman–Crippen MR) is 83.3 cm³/mol. The fourth-order valence-electron chi connectivity index (χ4n) is 2.30. The molecule has 2 aromatic carbocycles. The molecule has 3 aromatic rings. The first-order valence-corrected chi connectivity index (χ1v) is 6.97. The lowest BCUT2D eigenvalue weighted by molar-refractivity contribution is 0.0601. The fourth-order valence-corrected chi connectivity index (χ4v) is 2.48. The number of carbonyl (C=O) groups excluding carboxylic acids is 1. The lowest BCUT2D eigenvalue weighted by Crippen LogP contribution is -2.03. The van der Waals surface area contributed by atoms with Crippen LogP contribution in [0.15, 0.2) is 42.6 Å². The summed E-state index contributed by atoms with van der Waals surface area (Å²) in [5, 5.41) is 15.3. The number of ether oxygens (including phenoxy) is 1. The topological polar surface area (TPSA) is 64.3 Å². The van der Waals surface area contributed by atoms with Crippen molar-refractivity contribution in [2.75, 3.05) is 7.11 Å². The SMILES string of the molecule is COC(=O)c1ccc2c(cnn2Cc2cc(O)ccc2Cl)c1. The van der Waals surface area contributed by atoms with Gasteiger partial charge in [-0.3, -0.25) is 4.68 Å². The van der Waals surface area contributed by atoms with Crippen molar-refractivity contribution in [2.45, 2.75) is 6.54 Å². The van der Waals surface area contributed by atoms with Crippen LogP contribution in [0.25, 0.3) is 10.9 Å². The number of hydrogen-bond donors (Lipinski definition) is 1. The highest BCUT2D eigenvalue weighted by Gasteiger charge is 2.10. The molecule has 3 rings (SSSR count). The van der Waals surface area contributed by atoms with Gasteiger partial charge in [0.15, 0.2) is 0 Å². The highest BCUT2D eigenvalue weighted by atomic mass is 35.5. The number of aromatic hydroxyl groups is 1. The molecule has 0 unspecified atom stereocenters. The molecule has 0 saturated carbocycles. The zero-order valence-electron chi connectivity index (χ0n) is 11.8. The minimum absolute atomic E-state index is 0.156. The van der Waals surface area contributed by atoms with E-state index in [-0.39, 0.29) is 11.7 Å². The van der Waals surface area contributed by atoms with Crippen molar-refractivity contribution in [3.8, 4) is 5.75 Å². The summed E-state index contributed by atoms with van der Waals surface area (Å²) in [6.45, 7) is 0.425. The van der Waals surface area contributed by atoms with E-state index >= 15 is 0 Å². The summed E-state index contributed by atoms with van der Waals surface area (Å²) in [4.78, 5) is 11.5. The Morgan fingerprint density at radius 3 is 2.91 bits per heavy atom. The van der Waals surface area contributed by atoms with Crippen LogP contribution in [0.1, 0.15) is 15.9 Å². The van der Waals surface area contributed by atoms with Crippen LogP contribution < -0.4 is 0 Å². The van der Waals surface area contributed by atoms with Crippen LogP contribution in [-0.2, 0) is 11.3 Å². The molecule has 22 heavy (non-hydrogen) atoms. The van der Waals surface area contributed by atoms with Crippen molar-refractivity contribution < 1.29 is 14.6 Å². The van der Waals surface area contributed by atoms with Crippen LogP contribution in [0.3, 0.4) is 0 Å². The molecule has 0 atom stereocenters. The van der Waals surface area contributed by atoms with Crippen LogP contribution in [0.2, 0.25) is 5.02 Å². The van der Waals surface area contributed by atoms with Crippen molar-refractivity contribution in [1.29, 1.82) is 0 Å². The zero-order valence-corrected chi connectivity index (χ0v) is 12.5. The number of methoxy groups -OCH3 is 1. The van der Waals surface area contributed by atoms with Crippen LogP contribution in [-0.4, -0.2) is 28.0 Å². The van der Waals surface area contributed by atoms with Crippen molar-refractivity contribution in [3.63, 3.8) is 0 Å². The number of nitrogens with zero attached hydrogens (tertiary/aromatic N) is 2. The van der Waals surface area contributed by atoms with Gasteiger partial charge in [0, 0.05) is 10.4 Å². The summed E-state index contributed by atoms with van der Waals surface area (Å²) in [6, 6.07) is 10.0. The normalized spacial score (nSPS) is 10.8. The second-order valence-corrected chi connectivity index (χ2v) is 5.25. The van der Waals surface area contributed by atoms with Crippen LogP contribution in [0.4, 0.5) is 0 Å². The second kappa shape index (κ2) is 5.69. The molecule has 0 radical (unpaired) electrons. The third-order valence-corrected chi connectivity index (χ3v) is 3.78. The Labute approximate surface area is 131 Å². The summed E-state index contributed by atoms with van der Waals surface area (Å²) >= 11 is 6.14. The fraction of sp³-hybridized carbons (Fsp3) is 0.125. The van der Waals surface area contributed by atoms with E-state index in [1.54, 1.807) is 35.1 Å². The molecule has 0 saturated heterocycles. The summed E-state index contributed by atoms with van der Waals surface area (Å²) in [5.74, 6) is -0.227. The third-order valence-electron chi connectivity index (χ3n) is 3.41. The van der Waals surface area contributed by atoms with E-state index < -0.39 is 0 Å². The third kappa shape index (κ3) is 2.63. The van der Waals surface area contributed by atoms with Crippen LogP contribution >= 0.6 is 11.6 Å². The number of phenols is 1. The van der Waals surface area contributed by atoms with E-state index in [1.165, 1.54) is 13.2 Å². The maximum absolute atomic E-state index is 11.5. The van der Waals surface area contributed by atoms with E-state index in [1.807, 2.05) is 6.07 Å². The monoisotopic (exact) mass is 316 g/mol. The lowest BCUT2D eigenvalue weighted by atomic mass is 10.1. The van der Waals surface area contributed by atoms with Crippen molar-refractivity contribution in [2.24, 2.45) is 0 Å². The van der Waals surface area contributed by atoms with Gasteiger partial charge in [0.1, 0.15) is 5.75 Å². The molecule has 1 aromatic heterocycles. The number of aromatic nitrogens is 2. The Kier molecular flexibility index (Phi) is 3.73. The maximum atomic E-state index is 11.5. The number of phenolic OH excluding ortho intramolecular Hbond substituents is 1. The molecule has 0 fully saturated rings. The van der Waals surface area contributed by atoms with E-state index in [0.29, 0.717) is 17.1 Å². The number of esters is 1. The van der Waals surface area contributed by atoms with E-state index in [9.17, 15) is 9.90 Å². The number of benzene rings is 2. The number of carbonyl (C=O) groups is 1. The van der Waals surface area contributed by atoms with Crippen molar-refractivity contribution >= 4 is 28.5 Å². The van der Waals surface area contributed by atoms with E-state index in [0.717, 1.165) is 16.5 Å². The molecule has 0 amide bonds. The van der Waals surface area contributed by atoms with Gasteiger partial charge in [0.2, 0.25) is 0 Å². The number of rotatable bonds is 3. The standard InChI is InChI=1S/C16H13ClN2O3/c1-22-16(21)10-2-5-15-11(6-10)8-18-19(15)9-12-7-13(20)3-4-14(12)17/h2-8,20H,9H2,1H3. The number of halogens is 1. The van der Waals surface area contributed by atoms with Crippen molar-refractivity contribution in [1.82, 2.24) is 9.78 Å². The quantitative estimate of drug-likeness (QED) is 0.753. The second-order valence-electron chi connectivity index (χ2n) is 4.84. The predicted octanol–water partition coefficient (Wildman–Crippen LogP) is 3.23. The Hall–Kier alpha value is -2.53. The Bertz CT molecular complexity index is 858. The number of fused-ring (bicyclic) bond motifs is 1. The van der Waals surface area contributed by atoms with Crippen LogP contribution in [0, 0.1) is 0 Å². The Morgan fingerprint density at radius 1 is 1.32 bits per heavy atom. The Morgan fingerprint density at radius 2 is 2.14 bits per heavy atom. The first kappa shape index (κ1) is 14.4. The average Bonchev–Trinajstić information content (AvgIpc) is 2.92. The van der Waals surface area contributed by atoms with Crippen LogP contribution in [0.5, 0.6) is 5.75 Å². The van der Waals surface area contributed by atoms with Gasteiger partial charge in [-0.1, -0.05) is 11.6 Å². The van der Waals surface area contributed by atoms with Gasteiger partial charge in [-0.15, -0.1) is 0 Å². The van der Waals surface area contributed by atoms with Gasteiger partial charge < -0.3 is 9.84 Å². The number of hydrogen-bond acceptors (Lipinski definition) is 4. The molecule has 0 spiro atoms. The summed E-state index contributed by atoms with van der Waals surface area (Å²) in [7, 11) is 1.35. The smallest absolute Gasteiger partial charge is 0.337 e. The summed E-state index contributed by atoms with van der Waals surface area (Å²) in [5.41, 5.74) is 2.11. The lowest BCUT2D eigenvalue weighted by Gasteiger charge is -2.07. The van der Waals surface area contributed by atoms with E-state index in [4.69, 9.17) is 16.3 Å². The molecular formula is C16H13ClN2O3. The molecule has 0 aliphatic heterocycles. The summed E-state index contributed by atoms with van der Waals surface area (Å²) < 4.78 is 6.47. The van der Waals surface area contributed by atoms with Gasteiger partial charge in [-0.2, -0.15) is 5.10 Å². The van der Waals surface area contributed by atoms with Gasteiger partial charge in [-0.25, -0.2) is 4.79 Å². The molecule has 0 aliphatic carbocycles. The van der Waals surface area contributed by atoms with Crippen molar-refractivity contribution in [3.05, 3.63) is 58.7 Å². The molecular weight excluding hydrogens is 304 g/mol. The molecule has 1 N–H and O–H groups in total. The molecule has 6 heteroatoms. The van der Waals surface area contributed by atoms with Gasteiger partial charge in [-0.05, 0) is 42.0 Å². The summed E-state index contributed by atoms with van der Waals surface area (Å²) in [6.07, 6.45) is 1.68. The van der Waals surface area contributed by atoms with E-state index in [2.05, 4.69) is 5.10 Å². The largest absolute Gasteiger partial charge is 0.508 e. The van der Waals surface area contributed by atoms with Gasteiger partial charge >= 0.3 is 5.97 Å². The maximum Gasteiger partial charge on any atom is 0.337 e. The Balaban J connectivity index is 1.98. The highest BCUT2D eigenvalue weighted by Crippen LogP contribution is 2.24. The molecule has 0 bridgehead atoms. The minimum atomic E-state index is -0.384. The zero-order chi connectivity index (χ0) is 15.7. The molecule has 112 valence electrons. The highest BCUT2D eigenvalue weighted by molar-refractivity contribution is 6.31. The molecule has 0 aliphatic rings. The first-order chi connectivity index (χ1) is 10.6. The first-order valence-electron chi connectivity index (χ1n) is 6.60. The average molecular weight is 317 g/mol.